The number of ether oxygens (including phenoxy) is 1. The van der Waals surface area contributed by atoms with Crippen molar-refractivity contribution in [3.05, 3.63) is 0 Å². The highest BCUT2D eigenvalue weighted by Gasteiger charge is 1.99. The van der Waals surface area contributed by atoms with Crippen LogP contribution in [0, 0.1) is 0 Å². The van der Waals surface area contributed by atoms with Gasteiger partial charge in [0.15, 0.2) is 0 Å². The monoisotopic (exact) mass is 163 g/mol. The van der Waals surface area contributed by atoms with Gasteiger partial charge in [0, 0.05) is 6.92 Å². The van der Waals surface area contributed by atoms with Crippen molar-refractivity contribution in [1.29, 1.82) is 0 Å². The van der Waals surface area contributed by atoms with Crippen LogP contribution in [-0.4, -0.2) is 30.2 Å². The lowest BCUT2D eigenvalue weighted by Crippen LogP contribution is -2.25. The van der Waals surface area contributed by atoms with Crippen LogP contribution in [-0.2, 0) is 14.3 Å². The average Bonchev–Trinajstić information content (AvgIpc) is 1.89. The predicted molar refractivity (Wildman–Crippen MR) is 39.0 cm³/mol. The lowest BCUT2D eigenvalue weighted by Gasteiger charge is -1.90. The number of hydrogen-bond acceptors (Lipinski definition) is 4. The van der Waals surface area contributed by atoms with E-state index in [0.717, 1.165) is 0 Å². The van der Waals surface area contributed by atoms with Gasteiger partial charge in [0.1, 0.15) is 6.04 Å². The van der Waals surface area contributed by atoms with E-state index in [1.165, 1.54) is 21.0 Å². The van der Waals surface area contributed by atoms with Crippen molar-refractivity contribution in [3.8, 4) is 0 Å². The molecule has 0 amide bonds. The Labute approximate surface area is 65.1 Å². The maximum Gasteiger partial charge on any atom is 0.320 e. The highest BCUT2D eigenvalue weighted by Crippen LogP contribution is 1.68. The topological polar surface area (TPSA) is 89.6 Å². The molecule has 0 spiro atoms. The van der Waals surface area contributed by atoms with Crippen molar-refractivity contribution in [1.82, 2.24) is 0 Å². The zero-order valence-corrected chi connectivity index (χ0v) is 6.83. The SMILES string of the molecule is COC(C)=O.C[C@@H](N)C(=O)O. The minimum absolute atomic E-state index is 0.245. The highest BCUT2D eigenvalue weighted by atomic mass is 16.5. The van der Waals surface area contributed by atoms with Gasteiger partial charge in [-0.05, 0) is 6.92 Å². The minimum Gasteiger partial charge on any atom is -0.480 e. The number of nitrogens with two attached hydrogens (primary N) is 1. The molecule has 0 aliphatic carbocycles. The Morgan fingerprint density at radius 3 is 1.73 bits per heavy atom. The van der Waals surface area contributed by atoms with Gasteiger partial charge < -0.3 is 15.6 Å². The summed E-state index contributed by atoms with van der Waals surface area (Å²) in [6.07, 6.45) is 0. The largest absolute Gasteiger partial charge is 0.480 e. The Hall–Kier alpha value is -1.10. The minimum atomic E-state index is -0.963. The highest BCUT2D eigenvalue weighted by molar-refractivity contribution is 5.72. The summed E-state index contributed by atoms with van der Waals surface area (Å²) in [5, 5.41) is 7.87. The van der Waals surface area contributed by atoms with Crippen LogP contribution in [0.4, 0.5) is 0 Å². The zero-order chi connectivity index (χ0) is 9.44. The fourth-order valence-electron chi connectivity index (χ4n) is 0. The van der Waals surface area contributed by atoms with E-state index >= 15 is 0 Å². The molecule has 11 heavy (non-hydrogen) atoms. The molecule has 0 heterocycles. The molecule has 0 aromatic rings. The number of esters is 1. The fraction of sp³-hybridized carbons (Fsp3) is 0.667. The van der Waals surface area contributed by atoms with Gasteiger partial charge in [0.2, 0.25) is 0 Å². The quantitative estimate of drug-likeness (QED) is 0.513. The maximum atomic E-state index is 9.59. The first kappa shape index (κ1) is 12.6. The number of carbonyl (C=O) groups is 2. The van der Waals surface area contributed by atoms with E-state index in [1.807, 2.05) is 0 Å². The van der Waals surface area contributed by atoms with Crippen molar-refractivity contribution < 1.29 is 19.4 Å². The summed E-state index contributed by atoms with van der Waals surface area (Å²) in [5.74, 6) is -1.21. The number of carboxylic acids is 1. The van der Waals surface area contributed by atoms with Gasteiger partial charge in [-0.15, -0.1) is 0 Å². The van der Waals surface area contributed by atoms with E-state index < -0.39 is 12.0 Å². The number of carboxylic acid groups (broad SMARTS) is 1. The van der Waals surface area contributed by atoms with Crippen LogP contribution >= 0.6 is 0 Å². The van der Waals surface area contributed by atoms with E-state index in [2.05, 4.69) is 4.74 Å². The van der Waals surface area contributed by atoms with Gasteiger partial charge in [-0.25, -0.2) is 0 Å². The van der Waals surface area contributed by atoms with Crippen LogP contribution in [0.3, 0.4) is 0 Å². The third-order valence-electron chi connectivity index (χ3n) is 0.677. The van der Waals surface area contributed by atoms with Crippen molar-refractivity contribution >= 4 is 11.9 Å². The smallest absolute Gasteiger partial charge is 0.320 e. The first-order valence-electron chi connectivity index (χ1n) is 2.94. The fourth-order valence-corrected chi connectivity index (χ4v) is 0. The Balaban J connectivity index is 0. The molecule has 0 saturated carbocycles. The first-order valence-corrected chi connectivity index (χ1v) is 2.94. The van der Waals surface area contributed by atoms with Crippen LogP contribution in [0.2, 0.25) is 0 Å². The van der Waals surface area contributed by atoms with E-state index in [4.69, 9.17) is 10.8 Å². The molecule has 0 saturated heterocycles. The van der Waals surface area contributed by atoms with Gasteiger partial charge in [-0.3, -0.25) is 9.59 Å². The van der Waals surface area contributed by atoms with Gasteiger partial charge >= 0.3 is 11.9 Å². The van der Waals surface area contributed by atoms with E-state index in [9.17, 15) is 9.59 Å². The van der Waals surface area contributed by atoms with Gasteiger partial charge in [-0.1, -0.05) is 0 Å². The van der Waals surface area contributed by atoms with Crippen LogP contribution in [0.1, 0.15) is 13.8 Å². The van der Waals surface area contributed by atoms with Crippen molar-refractivity contribution in [2.75, 3.05) is 7.11 Å². The van der Waals surface area contributed by atoms with Gasteiger partial charge in [0.05, 0.1) is 7.11 Å². The third kappa shape index (κ3) is 17.6. The molecule has 0 fully saturated rings. The molecule has 0 bridgehead atoms. The average molecular weight is 163 g/mol. The lowest BCUT2D eigenvalue weighted by molar-refractivity contribution is -0.138. The van der Waals surface area contributed by atoms with Crippen LogP contribution in [0.15, 0.2) is 0 Å². The van der Waals surface area contributed by atoms with Crippen molar-refractivity contribution in [2.24, 2.45) is 5.73 Å². The molecule has 5 heteroatoms. The summed E-state index contributed by atoms with van der Waals surface area (Å²) in [6.45, 7) is 2.78. The van der Waals surface area contributed by atoms with Crippen LogP contribution in [0.25, 0.3) is 0 Å². The number of rotatable bonds is 1. The van der Waals surface area contributed by atoms with Crippen molar-refractivity contribution in [3.63, 3.8) is 0 Å². The summed E-state index contributed by atoms with van der Waals surface area (Å²) in [6, 6.07) is -0.731. The number of carbonyl (C=O) groups excluding carboxylic acids is 1. The maximum absolute atomic E-state index is 9.59. The Kier molecular flexibility index (Phi) is 8.01. The van der Waals surface area contributed by atoms with Gasteiger partial charge in [-0.2, -0.15) is 0 Å². The molecule has 0 aliphatic rings. The molecule has 0 aromatic carbocycles. The second-order valence-electron chi connectivity index (χ2n) is 1.82. The predicted octanol–water partition coefficient (Wildman–Crippen LogP) is -0.402. The van der Waals surface area contributed by atoms with E-state index in [-0.39, 0.29) is 5.97 Å². The first-order chi connectivity index (χ1) is 4.91. The van der Waals surface area contributed by atoms with Crippen molar-refractivity contribution in [2.45, 2.75) is 19.9 Å². The molecular weight excluding hydrogens is 150 g/mol. The molecule has 66 valence electrons. The number of hydrogen-bond donors (Lipinski definition) is 2. The molecule has 0 rings (SSSR count). The Morgan fingerprint density at radius 1 is 1.55 bits per heavy atom. The Bertz CT molecular complexity index is 133. The van der Waals surface area contributed by atoms with Crippen LogP contribution < -0.4 is 5.73 Å². The normalized spacial score (nSPS) is 10.5. The summed E-state index contributed by atoms with van der Waals surface area (Å²) in [5.41, 5.74) is 4.84. The molecule has 0 aliphatic heterocycles. The molecule has 5 nitrogen and oxygen atoms in total. The molecule has 3 N–H and O–H groups in total. The second kappa shape index (κ2) is 7.01. The number of aliphatic carboxylic acids is 1. The zero-order valence-electron chi connectivity index (χ0n) is 6.83. The summed E-state index contributed by atoms with van der Waals surface area (Å²) < 4.78 is 4.11. The van der Waals surface area contributed by atoms with Crippen LogP contribution in [0.5, 0.6) is 0 Å². The molecule has 0 aromatic heterocycles. The summed E-state index contributed by atoms with van der Waals surface area (Å²) in [4.78, 5) is 19.2. The summed E-state index contributed by atoms with van der Waals surface area (Å²) >= 11 is 0. The molecule has 0 radical (unpaired) electrons. The van der Waals surface area contributed by atoms with E-state index in [1.54, 1.807) is 0 Å². The number of methoxy groups -OCH3 is 1. The van der Waals surface area contributed by atoms with Gasteiger partial charge in [0.25, 0.3) is 0 Å². The Morgan fingerprint density at radius 2 is 1.73 bits per heavy atom. The van der Waals surface area contributed by atoms with E-state index in [0.29, 0.717) is 0 Å². The molecular formula is C6H13NO4. The summed E-state index contributed by atoms with van der Waals surface area (Å²) in [7, 11) is 1.35. The molecule has 1 atom stereocenters. The lowest BCUT2D eigenvalue weighted by atomic mass is 10.4. The third-order valence-corrected chi connectivity index (χ3v) is 0.677. The standard InChI is InChI=1S/C3H7NO2.C3H6O2/c1-2(4)3(5)6;1-3(4)5-2/h2H,4H2,1H3,(H,5,6);1-2H3/t2-;/m1./s1. The molecule has 0 unspecified atom stereocenters. The second-order valence-corrected chi connectivity index (χ2v) is 1.82.